The van der Waals surface area contributed by atoms with Crippen molar-refractivity contribution < 1.29 is 9.53 Å². The van der Waals surface area contributed by atoms with Crippen LogP contribution in [0.4, 0.5) is 0 Å². The minimum absolute atomic E-state index is 0.158. The number of halogens is 1. The molecule has 0 radical (unpaired) electrons. The molecule has 1 unspecified atom stereocenters. The molecule has 1 atom stereocenters. The number of esters is 1. The number of ether oxygens (including phenoxy) is 1. The molecule has 0 aliphatic rings. The summed E-state index contributed by atoms with van der Waals surface area (Å²) in [6, 6.07) is 8.42. The Balaban J connectivity index is 2.72. The van der Waals surface area contributed by atoms with Crippen LogP contribution in [-0.2, 0) is 9.53 Å². The van der Waals surface area contributed by atoms with E-state index in [0.29, 0.717) is 6.42 Å². The lowest BCUT2D eigenvalue weighted by Crippen LogP contribution is -2.21. The first-order chi connectivity index (χ1) is 8.04. The van der Waals surface area contributed by atoms with Gasteiger partial charge in [0.25, 0.3) is 0 Å². The predicted molar refractivity (Wildman–Crippen MR) is 71.8 cm³/mol. The molecule has 0 N–H and O–H groups in total. The number of carbonyl (C=O) groups excluding carboxylic acids is 1. The van der Waals surface area contributed by atoms with Crippen molar-refractivity contribution in [3.05, 3.63) is 34.3 Å². The van der Waals surface area contributed by atoms with Crippen LogP contribution in [0.5, 0.6) is 0 Å². The van der Waals surface area contributed by atoms with Crippen molar-refractivity contribution in [1.29, 1.82) is 0 Å². The number of rotatable bonds is 5. The zero-order valence-electron chi connectivity index (χ0n) is 10.4. The number of methoxy groups -OCH3 is 1. The molecule has 1 rings (SSSR count). The molecular weight excluding hydrogens is 282 g/mol. The van der Waals surface area contributed by atoms with Crippen LogP contribution in [-0.4, -0.2) is 32.1 Å². The van der Waals surface area contributed by atoms with Crippen LogP contribution in [0.25, 0.3) is 0 Å². The molecule has 0 fully saturated rings. The minimum Gasteiger partial charge on any atom is -0.469 e. The Kier molecular flexibility index (Phi) is 5.65. The summed E-state index contributed by atoms with van der Waals surface area (Å²) in [5.41, 5.74) is 1.21. The second kappa shape index (κ2) is 6.77. The zero-order chi connectivity index (χ0) is 12.8. The maximum atomic E-state index is 11.2. The van der Waals surface area contributed by atoms with E-state index in [2.05, 4.69) is 37.7 Å². The minimum atomic E-state index is -0.158. The Morgan fingerprint density at radius 3 is 2.41 bits per heavy atom. The predicted octanol–water partition coefficient (Wildman–Crippen LogP) is 3.01. The third-order valence-corrected chi connectivity index (χ3v) is 3.26. The van der Waals surface area contributed by atoms with Crippen molar-refractivity contribution in [2.45, 2.75) is 18.9 Å². The van der Waals surface area contributed by atoms with Gasteiger partial charge in [0.05, 0.1) is 7.11 Å². The molecule has 0 bridgehead atoms. The van der Waals surface area contributed by atoms with Gasteiger partial charge in [0.2, 0.25) is 0 Å². The highest BCUT2D eigenvalue weighted by Gasteiger charge is 2.15. The van der Waals surface area contributed by atoms with Crippen molar-refractivity contribution in [3.63, 3.8) is 0 Å². The third kappa shape index (κ3) is 4.48. The highest BCUT2D eigenvalue weighted by atomic mass is 79.9. The Labute approximate surface area is 111 Å². The summed E-state index contributed by atoms with van der Waals surface area (Å²) in [5.74, 6) is -0.158. The Morgan fingerprint density at radius 2 is 1.94 bits per heavy atom. The average Bonchev–Trinajstić information content (AvgIpc) is 2.31. The van der Waals surface area contributed by atoms with E-state index in [0.717, 1.165) is 10.9 Å². The highest BCUT2D eigenvalue weighted by Crippen LogP contribution is 2.25. The first-order valence-corrected chi connectivity index (χ1v) is 6.32. The van der Waals surface area contributed by atoms with E-state index in [1.165, 1.54) is 12.7 Å². The smallest absolute Gasteiger partial charge is 0.305 e. The van der Waals surface area contributed by atoms with Gasteiger partial charge < -0.3 is 9.64 Å². The van der Waals surface area contributed by atoms with E-state index in [-0.39, 0.29) is 12.0 Å². The molecule has 17 heavy (non-hydrogen) atoms. The van der Waals surface area contributed by atoms with E-state index in [9.17, 15) is 4.79 Å². The van der Waals surface area contributed by atoms with Gasteiger partial charge in [0.1, 0.15) is 0 Å². The molecule has 0 saturated carbocycles. The zero-order valence-corrected chi connectivity index (χ0v) is 12.0. The SMILES string of the molecule is COC(=O)CCC(c1ccc(Br)cc1)N(C)C. The molecule has 3 nitrogen and oxygen atoms in total. The number of nitrogens with zero attached hydrogens (tertiary/aromatic N) is 1. The van der Waals surface area contributed by atoms with Crippen LogP contribution in [0.2, 0.25) is 0 Å². The Bertz CT molecular complexity index is 362. The topological polar surface area (TPSA) is 29.5 Å². The standard InChI is InChI=1S/C13H18BrNO2/c1-15(2)12(8-9-13(16)17-3)10-4-6-11(14)7-5-10/h4-7,12H,8-9H2,1-3H3. The summed E-state index contributed by atoms with van der Waals surface area (Å²) in [7, 11) is 5.46. The van der Waals surface area contributed by atoms with Gasteiger partial charge >= 0.3 is 5.97 Å². The fourth-order valence-corrected chi connectivity index (χ4v) is 2.03. The van der Waals surface area contributed by atoms with Crippen LogP contribution in [0, 0.1) is 0 Å². The Morgan fingerprint density at radius 1 is 1.35 bits per heavy atom. The van der Waals surface area contributed by atoms with Crippen molar-refractivity contribution in [2.75, 3.05) is 21.2 Å². The number of carbonyl (C=O) groups is 1. The van der Waals surface area contributed by atoms with Gasteiger partial charge in [0, 0.05) is 16.9 Å². The van der Waals surface area contributed by atoms with Gasteiger partial charge in [0.15, 0.2) is 0 Å². The van der Waals surface area contributed by atoms with Gasteiger partial charge in [-0.2, -0.15) is 0 Å². The monoisotopic (exact) mass is 299 g/mol. The molecule has 0 amide bonds. The van der Waals surface area contributed by atoms with E-state index in [1.54, 1.807) is 0 Å². The van der Waals surface area contributed by atoms with Gasteiger partial charge in [-0.1, -0.05) is 28.1 Å². The Hall–Kier alpha value is -0.870. The lowest BCUT2D eigenvalue weighted by atomic mass is 10.0. The van der Waals surface area contributed by atoms with E-state index >= 15 is 0 Å². The fraction of sp³-hybridized carbons (Fsp3) is 0.462. The maximum Gasteiger partial charge on any atom is 0.305 e. The quantitative estimate of drug-likeness (QED) is 0.783. The summed E-state index contributed by atoms with van der Waals surface area (Å²) in [6.45, 7) is 0. The van der Waals surface area contributed by atoms with Crippen molar-refractivity contribution in [1.82, 2.24) is 4.90 Å². The summed E-state index contributed by atoms with van der Waals surface area (Å²) in [6.07, 6.45) is 1.21. The normalized spacial score (nSPS) is 12.5. The lowest BCUT2D eigenvalue weighted by molar-refractivity contribution is -0.141. The van der Waals surface area contributed by atoms with E-state index in [1.807, 2.05) is 26.2 Å². The van der Waals surface area contributed by atoms with E-state index < -0.39 is 0 Å². The van der Waals surface area contributed by atoms with E-state index in [4.69, 9.17) is 0 Å². The van der Waals surface area contributed by atoms with Gasteiger partial charge in [-0.15, -0.1) is 0 Å². The molecule has 1 aromatic carbocycles. The first-order valence-electron chi connectivity index (χ1n) is 5.53. The van der Waals surface area contributed by atoms with Crippen LogP contribution in [0.15, 0.2) is 28.7 Å². The van der Waals surface area contributed by atoms with Gasteiger partial charge in [-0.3, -0.25) is 4.79 Å². The summed E-state index contributed by atoms with van der Waals surface area (Å²) >= 11 is 3.42. The second-order valence-corrected chi connectivity index (χ2v) is 5.06. The fourth-order valence-electron chi connectivity index (χ4n) is 1.76. The molecule has 0 spiro atoms. The van der Waals surface area contributed by atoms with Gasteiger partial charge in [-0.05, 0) is 38.2 Å². The van der Waals surface area contributed by atoms with Crippen LogP contribution >= 0.6 is 15.9 Å². The lowest BCUT2D eigenvalue weighted by Gasteiger charge is -2.24. The number of hydrogen-bond donors (Lipinski definition) is 0. The molecule has 0 saturated heterocycles. The molecule has 0 heterocycles. The maximum absolute atomic E-state index is 11.2. The van der Waals surface area contributed by atoms with Crippen LogP contribution in [0.1, 0.15) is 24.4 Å². The molecule has 1 aromatic rings. The molecule has 0 aliphatic heterocycles. The second-order valence-electron chi connectivity index (χ2n) is 4.15. The number of hydrogen-bond acceptors (Lipinski definition) is 3. The first kappa shape index (κ1) is 14.2. The molecular formula is C13H18BrNO2. The summed E-state index contributed by atoms with van der Waals surface area (Å²) < 4.78 is 5.73. The largest absolute Gasteiger partial charge is 0.469 e. The van der Waals surface area contributed by atoms with Crippen molar-refractivity contribution in [3.8, 4) is 0 Å². The summed E-state index contributed by atoms with van der Waals surface area (Å²) in [5, 5.41) is 0. The summed E-state index contributed by atoms with van der Waals surface area (Å²) in [4.78, 5) is 13.3. The third-order valence-electron chi connectivity index (χ3n) is 2.73. The number of benzene rings is 1. The average molecular weight is 300 g/mol. The van der Waals surface area contributed by atoms with Crippen LogP contribution < -0.4 is 0 Å². The van der Waals surface area contributed by atoms with Gasteiger partial charge in [-0.25, -0.2) is 0 Å². The molecule has 0 aromatic heterocycles. The van der Waals surface area contributed by atoms with Crippen LogP contribution in [0.3, 0.4) is 0 Å². The molecule has 4 heteroatoms. The molecule has 0 aliphatic carbocycles. The molecule has 94 valence electrons. The highest BCUT2D eigenvalue weighted by molar-refractivity contribution is 9.10. The van der Waals surface area contributed by atoms with Crippen molar-refractivity contribution >= 4 is 21.9 Å². The van der Waals surface area contributed by atoms with Crippen molar-refractivity contribution in [2.24, 2.45) is 0 Å².